The average molecular weight is 295 g/mol. The third-order valence-corrected chi connectivity index (χ3v) is 3.33. The third kappa shape index (κ3) is 2.76. The molecule has 2 N–H and O–H groups in total. The van der Waals surface area contributed by atoms with Crippen LogP contribution in [-0.4, -0.2) is 5.16 Å². The second-order valence-electron chi connectivity index (χ2n) is 3.99. The lowest BCUT2D eigenvalue weighted by Gasteiger charge is -2.03. The van der Waals surface area contributed by atoms with Crippen molar-refractivity contribution in [1.82, 2.24) is 5.16 Å². The zero-order valence-electron chi connectivity index (χ0n) is 9.69. The minimum absolute atomic E-state index is 0.0660. The predicted octanol–water partition coefficient (Wildman–Crippen LogP) is 3.90. The summed E-state index contributed by atoms with van der Waals surface area (Å²) in [5, 5.41) is 4.07. The standard InChI is InChI=1S/C13H15BrN2O/c1-2-5-11(15)13-8-12(16-17-13)9-6-3-4-7-10(9)14/h3-4,6-8,11H,2,5,15H2,1H3. The van der Waals surface area contributed by atoms with Gasteiger partial charge in [-0.15, -0.1) is 0 Å². The molecule has 90 valence electrons. The van der Waals surface area contributed by atoms with Crippen LogP contribution in [0.15, 0.2) is 39.3 Å². The molecular formula is C13H15BrN2O. The van der Waals surface area contributed by atoms with E-state index in [1.54, 1.807) is 0 Å². The Hall–Kier alpha value is -1.13. The van der Waals surface area contributed by atoms with Gasteiger partial charge in [-0.2, -0.15) is 0 Å². The topological polar surface area (TPSA) is 52.0 Å². The summed E-state index contributed by atoms with van der Waals surface area (Å²) < 4.78 is 6.30. The first-order valence-electron chi connectivity index (χ1n) is 5.69. The van der Waals surface area contributed by atoms with E-state index in [1.807, 2.05) is 30.3 Å². The average Bonchev–Trinajstić information content (AvgIpc) is 2.79. The number of halogens is 1. The van der Waals surface area contributed by atoms with Crippen molar-refractivity contribution in [1.29, 1.82) is 0 Å². The molecule has 1 heterocycles. The molecule has 0 saturated carbocycles. The van der Waals surface area contributed by atoms with Gasteiger partial charge in [-0.25, -0.2) is 0 Å². The molecule has 3 nitrogen and oxygen atoms in total. The lowest BCUT2D eigenvalue weighted by molar-refractivity contribution is 0.356. The molecule has 0 saturated heterocycles. The molecule has 0 amide bonds. The van der Waals surface area contributed by atoms with Gasteiger partial charge in [0, 0.05) is 16.1 Å². The van der Waals surface area contributed by atoms with Crippen molar-refractivity contribution in [3.8, 4) is 11.3 Å². The highest BCUT2D eigenvalue weighted by Crippen LogP contribution is 2.29. The molecular weight excluding hydrogens is 280 g/mol. The Morgan fingerprint density at radius 2 is 2.18 bits per heavy atom. The van der Waals surface area contributed by atoms with Crippen molar-refractivity contribution in [3.63, 3.8) is 0 Å². The van der Waals surface area contributed by atoms with Gasteiger partial charge in [-0.1, -0.05) is 52.6 Å². The van der Waals surface area contributed by atoms with Crippen LogP contribution in [0, 0.1) is 0 Å². The Morgan fingerprint density at radius 3 is 2.88 bits per heavy atom. The van der Waals surface area contributed by atoms with E-state index >= 15 is 0 Å². The normalized spacial score (nSPS) is 12.6. The lowest BCUT2D eigenvalue weighted by Crippen LogP contribution is -2.08. The highest BCUT2D eigenvalue weighted by molar-refractivity contribution is 9.10. The summed E-state index contributed by atoms with van der Waals surface area (Å²) in [7, 11) is 0. The van der Waals surface area contributed by atoms with Crippen molar-refractivity contribution in [2.45, 2.75) is 25.8 Å². The predicted molar refractivity (Wildman–Crippen MR) is 71.5 cm³/mol. The molecule has 0 aliphatic rings. The van der Waals surface area contributed by atoms with Crippen molar-refractivity contribution < 1.29 is 4.52 Å². The number of rotatable bonds is 4. The van der Waals surface area contributed by atoms with E-state index in [9.17, 15) is 0 Å². The second-order valence-corrected chi connectivity index (χ2v) is 4.84. The zero-order valence-corrected chi connectivity index (χ0v) is 11.3. The maximum absolute atomic E-state index is 5.99. The van der Waals surface area contributed by atoms with Gasteiger partial charge in [0.2, 0.25) is 0 Å². The Morgan fingerprint density at radius 1 is 1.41 bits per heavy atom. The first-order chi connectivity index (χ1) is 8.22. The number of nitrogens with zero attached hydrogens (tertiary/aromatic N) is 1. The molecule has 1 aromatic carbocycles. The van der Waals surface area contributed by atoms with Gasteiger partial charge in [0.25, 0.3) is 0 Å². The van der Waals surface area contributed by atoms with Crippen molar-refractivity contribution in [2.24, 2.45) is 5.73 Å². The fraction of sp³-hybridized carbons (Fsp3) is 0.308. The molecule has 2 rings (SSSR count). The second kappa shape index (κ2) is 5.47. The molecule has 0 spiro atoms. The summed E-state index contributed by atoms with van der Waals surface area (Å²) in [4.78, 5) is 0. The van der Waals surface area contributed by atoms with Crippen LogP contribution in [0.3, 0.4) is 0 Å². The van der Waals surface area contributed by atoms with E-state index in [2.05, 4.69) is 28.0 Å². The number of hydrogen-bond acceptors (Lipinski definition) is 3. The van der Waals surface area contributed by atoms with E-state index in [0.717, 1.165) is 34.3 Å². The van der Waals surface area contributed by atoms with Gasteiger partial charge in [0.1, 0.15) is 5.69 Å². The Labute approximate surface area is 109 Å². The molecule has 0 aliphatic carbocycles. The third-order valence-electron chi connectivity index (χ3n) is 2.64. The summed E-state index contributed by atoms with van der Waals surface area (Å²) in [6.07, 6.45) is 1.94. The fourth-order valence-electron chi connectivity index (χ4n) is 1.71. The van der Waals surface area contributed by atoms with Gasteiger partial charge < -0.3 is 10.3 Å². The monoisotopic (exact) mass is 294 g/mol. The molecule has 1 atom stereocenters. The van der Waals surface area contributed by atoms with E-state index < -0.39 is 0 Å². The van der Waals surface area contributed by atoms with Gasteiger partial charge in [0.15, 0.2) is 5.76 Å². The minimum atomic E-state index is -0.0660. The summed E-state index contributed by atoms with van der Waals surface area (Å²) in [6.45, 7) is 2.10. The molecule has 1 aromatic heterocycles. The molecule has 0 aliphatic heterocycles. The van der Waals surface area contributed by atoms with Crippen LogP contribution < -0.4 is 5.73 Å². The van der Waals surface area contributed by atoms with Crippen LogP contribution in [0.1, 0.15) is 31.6 Å². The Balaban J connectivity index is 2.27. The minimum Gasteiger partial charge on any atom is -0.359 e. The summed E-state index contributed by atoms with van der Waals surface area (Å²) in [5.41, 5.74) is 7.83. The van der Waals surface area contributed by atoms with Crippen LogP contribution >= 0.6 is 15.9 Å². The van der Waals surface area contributed by atoms with E-state index in [0.29, 0.717) is 0 Å². The van der Waals surface area contributed by atoms with Crippen LogP contribution in [0.2, 0.25) is 0 Å². The lowest BCUT2D eigenvalue weighted by atomic mass is 10.1. The van der Waals surface area contributed by atoms with E-state index in [4.69, 9.17) is 10.3 Å². The maximum Gasteiger partial charge on any atom is 0.154 e. The number of aromatic nitrogens is 1. The molecule has 0 bridgehead atoms. The number of hydrogen-bond donors (Lipinski definition) is 1. The largest absolute Gasteiger partial charge is 0.359 e. The van der Waals surface area contributed by atoms with Crippen LogP contribution in [-0.2, 0) is 0 Å². The number of nitrogens with two attached hydrogens (primary N) is 1. The molecule has 17 heavy (non-hydrogen) atoms. The van der Waals surface area contributed by atoms with Gasteiger partial charge in [-0.3, -0.25) is 0 Å². The summed E-state index contributed by atoms with van der Waals surface area (Å²) in [5.74, 6) is 0.748. The van der Waals surface area contributed by atoms with Crippen molar-refractivity contribution in [3.05, 3.63) is 40.6 Å². The Bertz CT molecular complexity index is 496. The van der Waals surface area contributed by atoms with Gasteiger partial charge in [-0.05, 0) is 12.5 Å². The van der Waals surface area contributed by atoms with Crippen LogP contribution in [0.4, 0.5) is 0 Å². The van der Waals surface area contributed by atoms with E-state index in [1.165, 1.54) is 0 Å². The summed E-state index contributed by atoms with van der Waals surface area (Å²) in [6, 6.07) is 9.77. The molecule has 0 fully saturated rings. The number of benzene rings is 1. The molecule has 4 heteroatoms. The van der Waals surface area contributed by atoms with Crippen LogP contribution in [0.5, 0.6) is 0 Å². The summed E-state index contributed by atoms with van der Waals surface area (Å²) >= 11 is 3.50. The van der Waals surface area contributed by atoms with Crippen LogP contribution in [0.25, 0.3) is 11.3 Å². The molecule has 1 unspecified atom stereocenters. The first-order valence-corrected chi connectivity index (χ1v) is 6.48. The van der Waals surface area contributed by atoms with Crippen molar-refractivity contribution >= 4 is 15.9 Å². The smallest absolute Gasteiger partial charge is 0.154 e. The SMILES string of the molecule is CCCC(N)c1cc(-c2ccccc2Br)no1. The molecule has 0 radical (unpaired) electrons. The maximum atomic E-state index is 5.99. The fourth-order valence-corrected chi connectivity index (χ4v) is 2.20. The van der Waals surface area contributed by atoms with Crippen molar-refractivity contribution in [2.75, 3.05) is 0 Å². The Kier molecular flexibility index (Phi) is 3.97. The zero-order chi connectivity index (χ0) is 12.3. The first kappa shape index (κ1) is 12.3. The van der Waals surface area contributed by atoms with Gasteiger partial charge in [0.05, 0.1) is 6.04 Å². The van der Waals surface area contributed by atoms with Gasteiger partial charge >= 0.3 is 0 Å². The van der Waals surface area contributed by atoms with E-state index in [-0.39, 0.29) is 6.04 Å². The molecule has 2 aromatic rings. The highest BCUT2D eigenvalue weighted by Gasteiger charge is 2.13. The quantitative estimate of drug-likeness (QED) is 0.930. The highest BCUT2D eigenvalue weighted by atomic mass is 79.9.